The van der Waals surface area contributed by atoms with Gasteiger partial charge in [0.2, 0.25) is 0 Å². The van der Waals surface area contributed by atoms with E-state index in [2.05, 4.69) is 4.72 Å². The zero-order valence-electron chi connectivity index (χ0n) is 12.0. The van der Waals surface area contributed by atoms with Crippen molar-refractivity contribution in [2.75, 3.05) is 25.6 Å². The Kier molecular flexibility index (Phi) is 6.47. The highest BCUT2D eigenvalue weighted by atomic mass is 32.2. The molecule has 20 heavy (non-hydrogen) atoms. The molecule has 2 N–H and O–H groups in total. The molecular formula is C13H22N2O3S2. The Hall–Kier alpha value is -0.600. The molecule has 1 rings (SSSR count). The van der Waals surface area contributed by atoms with Crippen molar-refractivity contribution < 1.29 is 13.5 Å². The van der Waals surface area contributed by atoms with Crippen LogP contribution in [0.25, 0.3) is 0 Å². The van der Waals surface area contributed by atoms with Gasteiger partial charge in [0.05, 0.1) is 5.60 Å². The van der Waals surface area contributed by atoms with E-state index in [9.17, 15) is 13.5 Å². The Balaban J connectivity index is 2.60. The van der Waals surface area contributed by atoms with E-state index in [0.29, 0.717) is 12.3 Å². The van der Waals surface area contributed by atoms with Crippen molar-refractivity contribution in [3.05, 3.63) is 35.9 Å². The van der Waals surface area contributed by atoms with Crippen LogP contribution >= 0.6 is 11.8 Å². The molecule has 0 saturated carbocycles. The normalized spacial score (nSPS) is 15.2. The second kappa shape index (κ2) is 7.42. The first-order valence-corrected chi connectivity index (χ1v) is 9.06. The van der Waals surface area contributed by atoms with Gasteiger partial charge in [-0.1, -0.05) is 30.3 Å². The van der Waals surface area contributed by atoms with Gasteiger partial charge in [-0.2, -0.15) is 29.2 Å². The summed E-state index contributed by atoms with van der Waals surface area (Å²) in [5, 5.41) is 9.98. The van der Waals surface area contributed by atoms with Crippen LogP contribution < -0.4 is 4.72 Å². The molecule has 1 aromatic carbocycles. The SMILES string of the molecule is CSCC(C)(O)CNS(=O)(=O)N(C)Cc1ccccc1. The number of thioether (sulfide) groups is 1. The molecule has 0 bridgehead atoms. The largest absolute Gasteiger partial charge is 0.388 e. The van der Waals surface area contributed by atoms with E-state index in [1.54, 1.807) is 6.92 Å². The predicted molar refractivity (Wildman–Crippen MR) is 83.8 cm³/mol. The quantitative estimate of drug-likeness (QED) is 0.752. The first-order chi connectivity index (χ1) is 9.27. The minimum atomic E-state index is -3.60. The summed E-state index contributed by atoms with van der Waals surface area (Å²) in [4.78, 5) is 0. The molecule has 114 valence electrons. The van der Waals surface area contributed by atoms with Crippen LogP contribution in [0.15, 0.2) is 30.3 Å². The number of benzene rings is 1. The maximum atomic E-state index is 12.1. The van der Waals surface area contributed by atoms with Gasteiger partial charge in [0.15, 0.2) is 0 Å². The number of nitrogens with one attached hydrogen (secondary N) is 1. The van der Waals surface area contributed by atoms with Gasteiger partial charge in [-0.05, 0) is 18.7 Å². The number of aliphatic hydroxyl groups is 1. The maximum absolute atomic E-state index is 12.1. The molecule has 0 saturated heterocycles. The molecule has 1 atom stereocenters. The molecule has 1 unspecified atom stereocenters. The predicted octanol–water partition coefficient (Wildman–Crippen LogP) is 1.07. The lowest BCUT2D eigenvalue weighted by Crippen LogP contribution is -2.46. The smallest absolute Gasteiger partial charge is 0.279 e. The molecule has 0 aliphatic rings. The van der Waals surface area contributed by atoms with Crippen LogP contribution in [-0.2, 0) is 16.8 Å². The third-order valence-corrected chi connectivity index (χ3v) is 5.12. The monoisotopic (exact) mass is 318 g/mol. The summed E-state index contributed by atoms with van der Waals surface area (Å²) < 4.78 is 27.8. The first kappa shape index (κ1) is 17.5. The summed E-state index contributed by atoms with van der Waals surface area (Å²) in [5.74, 6) is 0.470. The summed E-state index contributed by atoms with van der Waals surface area (Å²) in [6.07, 6.45) is 1.87. The highest BCUT2D eigenvalue weighted by Crippen LogP contribution is 2.11. The van der Waals surface area contributed by atoms with Crippen molar-refractivity contribution in [2.24, 2.45) is 0 Å². The fraction of sp³-hybridized carbons (Fsp3) is 0.538. The zero-order chi connectivity index (χ0) is 15.2. The molecule has 0 fully saturated rings. The minimum absolute atomic E-state index is 0.00466. The van der Waals surface area contributed by atoms with Crippen molar-refractivity contribution in [3.8, 4) is 0 Å². The summed E-state index contributed by atoms with van der Waals surface area (Å²) >= 11 is 1.47. The van der Waals surface area contributed by atoms with E-state index in [-0.39, 0.29) is 6.54 Å². The van der Waals surface area contributed by atoms with Crippen LogP contribution in [0.3, 0.4) is 0 Å². The summed E-state index contributed by atoms with van der Waals surface area (Å²) in [7, 11) is -2.08. The van der Waals surface area contributed by atoms with Gasteiger partial charge in [-0.3, -0.25) is 0 Å². The Bertz CT molecular complexity index is 504. The summed E-state index contributed by atoms with van der Waals surface area (Å²) in [6.45, 7) is 1.90. The molecule has 5 nitrogen and oxygen atoms in total. The van der Waals surface area contributed by atoms with Gasteiger partial charge in [0, 0.05) is 25.9 Å². The van der Waals surface area contributed by atoms with Gasteiger partial charge in [-0.25, -0.2) is 0 Å². The average molecular weight is 318 g/mol. The van der Waals surface area contributed by atoms with Crippen LogP contribution in [0.5, 0.6) is 0 Å². The van der Waals surface area contributed by atoms with Crippen molar-refractivity contribution >= 4 is 22.0 Å². The fourth-order valence-corrected chi connectivity index (χ4v) is 3.40. The number of nitrogens with zero attached hydrogens (tertiary/aromatic N) is 1. The standard InChI is InChI=1S/C13H22N2O3S2/c1-13(16,11-19-3)10-14-20(17,18)15(2)9-12-7-5-4-6-8-12/h4-8,14,16H,9-11H2,1-3H3. The Labute approximate surface area is 125 Å². The lowest BCUT2D eigenvalue weighted by Gasteiger charge is -2.25. The van der Waals surface area contributed by atoms with Crippen LogP contribution in [-0.4, -0.2) is 49.0 Å². The van der Waals surface area contributed by atoms with Crippen molar-refractivity contribution in [2.45, 2.75) is 19.1 Å². The van der Waals surface area contributed by atoms with Crippen molar-refractivity contribution in [3.63, 3.8) is 0 Å². The molecule has 0 aromatic heterocycles. The second-order valence-electron chi connectivity index (χ2n) is 5.00. The van der Waals surface area contributed by atoms with Gasteiger partial charge < -0.3 is 5.11 Å². The molecule has 0 radical (unpaired) electrons. The molecule has 1 aromatic rings. The summed E-state index contributed by atoms with van der Waals surface area (Å²) in [5.41, 5.74) is -0.142. The molecule has 0 heterocycles. The second-order valence-corrected chi connectivity index (χ2v) is 7.73. The zero-order valence-corrected chi connectivity index (χ0v) is 13.7. The van der Waals surface area contributed by atoms with Gasteiger partial charge in [0.1, 0.15) is 0 Å². The lowest BCUT2D eigenvalue weighted by atomic mass is 10.1. The lowest BCUT2D eigenvalue weighted by molar-refractivity contribution is 0.0904. The molecule has 0 aliphatic heterocycles. The Morgan fingerprint density at radius 1 is 1.35 bits per heavy atom. The minimum Gasteiger partial charge on any atom is -0.388 e. The van der Waals surface area contributed by atoms with Crippen molar-refractivity contribution in [1.29, 1.82) is 0 Å². The van der Waals surface area contributed by atoms with E-state index >= 15 is 0 Å². The number of hydrogen-bond acceptors (Lipinski definition) is 4. The third kappa shape index (κ3) is 5.80. The van der Waals surface area contributed by atoms with E-state index in [0.717, 1.165) is 5.56 Å². The van der Waals surface area contributed by atoms with Gasteiger partial charge in [-0.15, -0.1) is 0 Å². The molecule has 0 aliphatic carbocycles. The van der Waals surface area contributed by atoms with E-state index in [1.165, 1.54) is 23.1 Å². The van der Waals surface area contributed by atoms with Crippen LogP contribution in [0.4, 0.5) is 0 Å². The number of rotatable bonds is 8. The van der Waals surface area contributed by atoms with E-state index < -0.39 is 15.8 Å². The molecule has 0 spiro atoms. The summed E-state index contributed by atoms with van der Waals surface area (Å²) in [6, 6.07) is 9.36. The van der Waals surface area contributed by atoms with Crippen LogP contribution in [0.1, 0.15) is 12.5 Å². The van der Waals surface area contributed by atoms with Gasteiger partial charge >= 0.3 is 0 Å². The highest BCUT2D eigenvalue weighted by molar-refractivity contribution is 7.98. The Morgan fingerprint density at radius 2 is 1.95 bits per heavy atom. The van der Waals surface area contributed by atoms with E-state index in [1.807, 2.05) is 36.6 Å². The van der Waals surface area contributed by atoms with Crippen LogP contribution in [0, 0.1) is 0 Å². The average Bonchev–Trinajstić information content (AvgIpc) is 2.38. The third-order valence-electron chi connectivity index (χ3n) is 2.75. The first-order valence-electron chi connectivity index (χ1n) is 6.23. The number of hydrogen-bond donors (Lipinski definition) is 2. The Morgan fingerprint density at radius 3 is 2.50 bits per heavy atom. The van der Waals surface area contributed by atoms with Gasteiger partial charge in [0.25, 0.3) is 10.2 Å². The molecular weight excluding hydrogens is 296 g/mol. The topological polar surface area (TPSA) is 69.6 Å². The fourth-order valence-electron chi connectivity index (χ4n) is 1.64. The van der Waals surface area contributed by atoms with Crippen LogP contribution in [0.2, 0.25) is 0 Å². The van der Waals surface area contributed by atoms with E-state index in [4.69, 9.17) is 0 Å². The molecule has 7 heteroatoms. The maximum Gasteiger partial charge on any atom is 0.279 e. The molecule has 0 amide bonds. The highest BCUT2D eigenvalue weighted by Gasteiger charge is 2.25. The van der Waals surface area contributed by atoms with Crippen molar-refractivity contribution in [1.82, 2.24) is 9.03 Å².